The minimum absolute atomic E-state index is 0.0645. The van der Waals surface area contributed by atoms with Crippen molar-refractivity contribution in [3.8, 4) is 0 Å². The summed E-state index contributed by atoms with van der Waals surface area (Å²) in [5.74, 6) is 0.0645. The zero-order chi connectivity index (χ0) is 15.0. The molecule has 0 saturated heterocycles. The zero-order valence-corrected chi connectivity index (χ0v) is 12.9. The monoisotopic (exact) mass is 274 g/mol. The lowest BCUT2D eigenvalue weighted by molar-refractivity contribution is -0.123. The predicted molar refractivity (Wildman–Crippen MR) is 84.4 cm³/mol. The van der Waals surface area contributed by atoms with Gasteiger partial charge in [-0.15, -0.1) is 6.58 Å². The summed E-state index contributed by atoms with van der Waals surface area (Å²) >= 11 is 0. The van der Waals surface area contributed by atoms with Crippen LogP contribution in [0.3, 0.4) is 0 Å². The highest BCUT2D eigenvalue weighted by Crippen LogP contribution is 2.08. The molecule has 0 atom stereocenters. The van der Waals surface area contributed by atoms with Crippen molar-refractivity contribution in [2.45, 2.75) is 39.3 Å². The maximum absolute atomic E-state index is 12.1. The van der Waals surface area contributed by atoms with E-state index in [1.54, 1.807) is 0 Å². The average Bonchev–Trinajstić information content (AvgIpc) is 2.39. The zero-order valence-electron chi connectivity index (χ0n) is 12.9. The highest BCUT2D eigenvalue weighted by atomic mass is 16.2. The van der Waals surface area contributed by atoms with Crippen molar-refractivity contribution >= 4 is 5.91 Å². The molecule has 3 heteroatoms. The van der Waals surface area contributed by atoms with Crippen LogP contribution in [-0.4, -0.2) is 29.4 Å². The molecule has 1 aromatic rings. The van der Waals surface area contributed by atoms with Crippen LogP contribution in [0.25, 0.3) is 0 Å². The fourth-order valence-corrected chi connectivity index (χ4v) is 1.92. The van der Waals surface area contributed by atoms with E-state index in [1.807, 2.05) is 38.1 Å². The van der Waals surface area contributed by atoms with E-state index in [0.717, 1.165) is 13.0 Å². The lowest BCUT2D eigenvalue weighted by Gasteiger charge is -2.27. The van der Waals surface area contributed by atoms with Crippen LogP contribution in [0.2, 0.25) is 0 Å². The quantitative estimate of drug-likeness (QED) is 0.739. The molecule has 0 aliphatic rings. The lowest BCUT2D eigenvalue weighted by Crippen LogP contribution is -2.47. The fourth-order valence-electron chi connectivity index (χ4n) is 1.92. The molecule has 0 aliphatic heterocycles. The van der Waals surface area contributed by atoms with Crippen LogP contribution in [0.4, 0.5) is 0 Å². The second-order valence-electron chi connectivity index (χ2n) is 5.73. The Hall–Kier alpha value is -1.61. The van der Waals surface area contributed by atoms with E-state index >= 15 is 0 Å². The summed E-state index contributed by atoms with van der Waals surface area (Å²) in [7, 11) is 0. The van der Waals surface area contributed by atoms with E-state index in [2.05, 4.69) is 35.9 Å². The third-order valence-corrected chi connectivity index (χ3v) is 3.37. The Bertz CT molecular complexity index is 426. The first-order chi connectivity index (χ1) is 9.46. The van der Waals surface area contributed by atoms with Crippen LogP contribution in [0.15, 0.2) is 43.0 Å². The molecule has 20 heavy (non-hydrogen) atoms. The molecule has 0 saturated carbocycles. The third kappa shape index (κ3) is 6.02. The molecule has 1 N–H and O–H groups in total. The highest BCUT2D eigenvalue weighted by Gasteiger charge is 2.19. The molecule has 0 bridgehead atoms. The number of benzene rings is 1. The fraction of sp³-hybridized carbons (Fsp3) is 0.471. The number of rotatable bonds is 8. The average molecular weight is 274 g/mol. The van der Waals surface area contributed by atoms with Crippen LogP contribution < -0.4 is 5.32 Å². The smallest absolute Gasteiger partial charge is 0.234 e. The van der Waals surface area contributed by atoms with Gasteiger partial charge in [-0.25, -0.2) is 0 Å². The number of carbonyl (C=O) groups is 1. The minimum atomic E-state index is -0.149. The van der Waals surface area contributed by atoms with Crippen molar-refractivity contribution in [2.24, 2.45) is 0 Å². The van der Waals surface area contributed by atoms with Gasteiger partial charge in [-0.3, -0.25) is 9.69 Å². The Balaban J connectivity index is 2.59. The van der Waals surface area contributed by atoms with Gasteiger partial charge in [-0.05, 0) is 25.8 Å². The molecule has 1 rings (SSSR count). The van der Waals surface area contributed by atoms with E-state index < -0.39 is 0 Å². The van der Waals surface area contributed by atoms with Gasteiger partial charge in [0.2, 0.25) is 5.91 Å². The van der Waals surface area contributed by atoms with Crippen LogP contribution >= 0.6 is 0 Å². The second-order valence-corrected chi connectivity index (χ2v) is 5.73. The molecule has 3 nitrogen and oxygen atoms in total. The summed E-state index contributed by atoms with van der Waals surface area (Å²) in [6.45, 7) is 11.8. The summed E-state index contributed by atoms with van der Waals surface area (Å²) in [6.07, 6.45) is 2.75. The second kappa shape index (κ2) is 7.85. The minimum Gasteiger partial charge on any atom is -0.350 e. The number of hydrogen-bond acceptors (Lipinski definition) is 2. The van der Waals surface area contributed by atoms with Gasteiger partial charge < -0.3 is 5.32 Å². The Kier molecular flexibility index (Phi) is 6.46. The summed E-state index contributed by atoms with van der Waals surface area (Å²) in [6, 6.07) is 10.2. The van der Waals surface area contributed by atoms with E-state index in [-0.39, 0.29) is 11.4 Å². The van der Waals surface area contributed by atoms with Gasteiger partial charge >= 0.3 is 0 Å². The number of amides is 1. The van der Waals surface area contributed by atoms with Crippen molar-refractivity contribution < 1.29 is 4.79 Å². The molecule has 0 fully saturated rings. The molecule has 1 amide bonds. The number of carbonyl (C=O) groups excluding carboxylic acids is 1. The normalized spacial score (nSPS) is 11.4. The molecule has 0 aromatic heterocycles. The third-order valence-electron chi connectivity index (χ3n) is 3.37. The molecule has 0 radical (unpaired) electrons. The van der Waals surface area contributed by atoms with Crippen LogP contribution in [0.5, 0.6) is 0 Å². The van der Waals surface area contributed by atoms with Gasteiger partial charge in [-0.1, -0.05) is 43.3 Å². The van der Waals surface area contributed by atoms with Crippen molar-refractivity contribution in [3.63, 3.8) is 0 Å². The molecule has 0 heterocycles. The lowest BCUT2D eigenvalue weighted by atomic mass is 10.0. The van der Waals surface area contributed by atoms with Crippen LogP contribution in [0, 0.1) is 0 Å². The maximum atomic E-state index is 12.1. The van der Waals surface area contributed by atoms with Crippen molar-refractivity contribution in [3.05, 3.63) is 48.6 Å². The largest absolute Gasteiger partial charge is 0.350 e. The van der Waals surface area contributed by atoms with E-state index in [0.29, 0.717) is 13.1 Å². The summed E-state index contributed by atoms with van der Waals surface area (Å²) < 4.78 is 0. The molecule has 0 spiro atoms. The molecule has 0 aliphatic carbocycles. The van der Waals surface area contributed by atoms with Crippen LogP contribution in [0.1, 0.15) is 32.8 Å². The SMILES string of the molecule is C=CCN(CC(=O)NC(C)(C)CC)Cc1ccccc1. The van der Waals surface area contributed by atoms with Crippen LogP contribution in [-0.2, 0) is 11.3 Å². The Morgan fingerprint density at radius 2 is 2.00 bits per heavy atom. The summed E-state index contributed by atoms with van der Waals surface area (Å²) in [5.41, 5.74) is 1.06. The van der Waals surface area contributed by atoms with E-state index in [4.69, 9.17) is 0 Å². The van der Waals surface area contributed by atoms with E-state index in [1.165, 1.54) is 5.56 Å². The first kappa shape index (κ1) is 16.4. The first-order valence-corrected chi connectivity index (χ1v) is 7.15. The molecule has 0 unspecified atom stereocenters. The molecule has 110 valence electrons. The summed E-state index contributed by atoms with van der Waals surface area (Å²) in [5, 5.41) is 3.07. The maximum Gasteiger partial charge on any atom is 0.234 e. The highest BCUT2D eigenvalue weighted by molar-refractivity contribution is 5.78. The van der Waals surface area contributed by atoms with Crippen molar-refractivity contribution in [1.29, 1.82) is 0 Å². The first-order valence-electron chi connectivity index (χ1n) is 7.15. The Morgan fingerprint density at radius 1 is 1.35 bits per heavy atom. The van der Waals surface area contributed by atoms with Crippen molar-refractivity contribution in [1.82, 2.24) is 10.2 Å². The predicted octanol–water partition coefficient (Wildman–Crippen LogP) is 2.98. The van der Waals surface area contributed by atoms with Gasteiger partial charge in [0, 0.05) is 18.6 Å². The van der Waals surface area contributed by atoms with Gasteiger partial charge in [-0.2, -0.15) is 0 Å². The summed E-state index contributed by atoms with van der Waals surface area (Å²) in [4.78, 5) is 14.2. The standard InChI is InChI=1S/C17H26N2O/c1-5-12-19(13-15-10-8-7-9-11-15)14-16(20)18-17(3,4)6-2/h5,7-11H,1,6,12-14H2,2-4H3,(H,18,20). The molecular weight excluding hydrogens is 248 g/mol. The molecule has 1 aromatic carbocycles. The number of nitrogens with one attached hydrogen (secondary N) is 1. The topological polar surface area (TPSA) is 32.3 Å². The Morgan fingerprint density at radius 3 is 2.55 bits per heavy atom. The molecular formula is C17H26N2O. The van der Waals surface area contributed by atoms with E-state index in [9.17, 15) is 4.79 Å². The number of nitrogens with zero attached hydrogens (tertiary/aromatic N) is 1. The van der Waals surface area contributed by atoms with Gasteiger partial charge in [0.1, 0.15) is 0 Å². The number of hydrogen-bond donors (Lipinski definition) is 1. The van der Waals surface area contributed by atoms with Crippen molar-refractivity contribution in [2.75, 3.05) is 13.1 Å². The van der Waals surface area contributed by atoms with Gasteiger partial charge in [0.15, 0.2) is 0 Å². The van der Waals surface area contributed by atoms with Gasteiger partial charge in [0.05, 0.1) is 6.54 Å². The Labute approximate surface area is 122 Å². The van der Waals surface area contributed by atoms with Gasteiger partial charge in [0.25, 0.3) is 0 Å².